The van der Waals surface area contributed by atoms with E-state index < -0.39 is 29.5 Å². The largest absolute Gasteiger partial charge is 0.472 e. The highest BCUT2D eigenvalue weighted by atomic mass is 16.6. The first-order valence-electron chi connectivity index (χ1n) is 10.7. The van der Waals surface area contributed by atoms with Crippen LogP contribution in [0, 0.1) is 28.6 Å². The highest BCUT2D eigenvalue weighted by Gasteiger charge is 2.66. The number of hydrogen-bond donors (Lipinski definition) is 0. The van der Waals surface area contributed by atoms with Gasteiger partial charge in [-0.05, 0) is 55.4 Å². The number of ether oxygens (including phenoxy) is 2. The Morgan fingerprint density at radius 1 is 1.23 bits per heavy atom. The van der Waals surface area contributed by atoms with Gasteiger partial charge in [0, 0.05) is 18.4 Å². The average molecular weight is 414 g/mol. The number of esters is 2. The van der Waals surface area contributed by atoms with Gasteiger partial charge in [0.05, 0.1) is 18.4 Å². The van der Waals surface area contributed by atoms with Gasteiger partial charge in [-0.1, -0.05) is 26.0 Å². The summed E-state index contributed by atoms with van der Waals surface area (Å²) in [6.45, 7) is 11.7. The molecule has 162 valence electrons. The number of fused-ring (bicyclic) bond motifs is 3. The summed E-state index contributed by atoms with van der Waals surface area (Å²) in [5, 5.41) is 0. The molecular weight excluding hydrogens is 384 g/mol. The van der Waals surface area contributed by atoms with E-state index >= 15 is 0 Å². The van der Waals surface area contributed by atoms with Crippen molar-refractivity contribution in [3.05, 3.63) is 36.3 Å². The Morgan fingerprint density at radius 2 is 1.97 bits per heavy atom. The van der Waals surface area contributed by atoms with E-state index in [2.05, 4.69) is 13.5 Å². The highest BCUT2D eigenvalue weighted by molar-refractivity contribution is 5.91. The van der Waals surface area contributed by atoms with Crippen molar-refractivity contribution in [3.8, 4) is 0 Å². The molecule has 3 unspecified atom stereocenters. The number of hydrogen-bond acceptors (Lipinski definition) is 6. The molecule has 2 aliphatic carbocycles. The van der Waals surface area contributed by atoms with Crippen LogP contribution in [0.25, 0.3) is 0 Å². The summed E-state index contributed by atoms with van der Waals surface area (Å²) in [7, 11) is 0. The molecule has 1 aromatic heterocycles. The number of carbonyl (C=O) groups excluding carboxylic acids is 3. The molecule has 3 aliphatic rings. The third kappa shape index (κ3) is 3.03. The lowest BCUT2D eigenvalue weighted by Crippen LogP contribution is -2.63. The van der Waals surface area contributed by atoms with Crippen LogP contribution in [0.4, 0.5) is 0 Å². The quantitative estimate of drug-likeness (QED) is 0.538. The Morgan fingerprint density at radius 3 is 2.57 bits per heavy atom. The molecule has 2 saturated carbocycles. The van der Waals surface area contributed by atoms with Gasteiger partial charge < -0.3 is 13.9 Å². The van der Waals surface area contributed by atoms with Crippen LogP contribution in [0.15, 0.2) is 35.2 Å². The van der Waals surface area contributed by atoms with E-state index in [1.807, 2.05) is 13.8 Å². The Hall–Kier alpha value is -2.37. The molecular formula is C24H30O6. The standard InChI is InChI=1S/C24H30O6/c1-13(2)17-10-18(29-14(3)25)20(26)21-23(17,4)8-6-16-22(27)30-19(11-24(16,21)5)15-7-9-28-12-15/h7,9,12,16-19,21H,1,6,8,10-11H2,2-5H3/t16?,17-,18-,19?,21?,23-,24-/m0/s1. The summed E-state index contributed by atoms with van der Waals surface area (Å²) >= 11 is 0. The maximum Gasteiger partial charge on any atom is 0.310 e. The Balaban J connectivity index is 1.79. The van der Waals surface area contributed by atoms with Gasteiger partial charge in [-0.2, -0.15) is 0 Å². The molecule has 7 atom stereocenters. The summed E-state index contributed by atoms with van der Waals surface area (Å²) in [5.41, 5.74) is 0.836. The Labute approximate surface area is 177 Å². The molecule has 1 aliphatic heterocycles. The zero-order valence-corrected chi connectivity index (χ0v) is 18.1. The second kappa shape index (κ2) is 7.10. The molecule has 2 heterocycles. The van der Waals surface area contributed by atoms with E-state index in [9.17, 15) is 14.4 Å². The lowest BCUT2D eigenvalue weighted by atomic mass is 9.42. The number of furan rings is 1. The van der Waals surface area contributed by atoms with Crippen molar-refractivity contribution in [2.45, 2.75) is 65.6 Å². The van der Waals surface area contributed by atoms with E-state index in [1.54, 1.807) is 18.6 Å². The van der Waals surface area contributed by atoms with Crippen LogP contribution < -0.4 is 0 Å². The number of cyclic esters (lactones) is 1. The number of carbonyl (C=O) groups is 3. The minimum Gasteiger partial charge on any atom is -0.472 e. The van der Waals surface area contributed by atoms with Crippen LogP contribution in [0.3, 0.4) is 0 Å². The van der Waals surface area contributed by atoms with Gasteiger partial charge in [0.1, 0.15) is 6.10 Å². The minimum absolute atomic E-state index is 0.0349. The monoisotopic (exact) mass is 414 g/mol. The molecule has 6 heteroatoms. The van der Waals surface area contributed by atoms with Crippen molar-refractivity contribution < 1.29 is 28.3 Å². The maximum absolute atomic E-state index is 13.8. The van der Waals surface area contributed by atoms with Gasteiger partial charge in [0.15, 0.2) is 11.9 Å². The fraction of sp³-hybridized carbons (Fsp3) is 0.625. The molecule has 0 radical (unpaired) electrons. The number of allylic oxidation sites excluding steroid dienone is 1. The van der Waals surface area contributed by atoms with Gasteiger partial charge in [-0.25, -0.2) is 0 Å². The second-order valence-electron chi connectivity index (χ2n) is 9.86. The van der Waals surface area contributed by atoms with Gasteiger partial charge in [-0.3, -0.25) is 14.4 Å². The predicted octanol–water partition coefficient (Wildman–Crippen LogP) is 4.40. The van der Waals surface area contributed by atoms with Crippen molar-refractivity contribution >= 4 is 17.7 Å². The first-order chi connectivity index (χ1) is 14.1. The number of Topliss-reactive ketones (excluding diaryl/α,β-unsaturated/α-hetero) is 1. The van der Waals surface area contributed by atoms with Crippen molar-refractivity contribution in [3.63, 3.8) is 0 Å². The predicted molar refractivity (Wildman–Crippen MR) is 108 cm³/mol. The summed E-state index contributed by atoms with van der Waals surface area (Å²) in [5.74, 6) is -1.54. The van der Waals surface area contributed by atoms with Crippen molar-refractivity contribution in [1.29, 1.82) is 0 Å². The number of rotatable bonds is 3. The molecule has 3 fully saturated rings. The van der Waals surface area contributed by atoms with Crippen LogP contribution in [0.5, 0.6) is 0 Å². The van der Waals surface area contributed by atoms with Crippen LogP contribution >= 0.6 is 0 Å². The Bertz CT molecular complexity index is 886. The third-order valence-corrected chi connectivity index (χ3v) is 7.92. The van der Waals surface area contributed by atoms with Gasteiger partial charge >= 0.3 is 11.9 Å². The molecule has 0 spiro atoms. The first kappa shape index (κ1) is 20.9. The maximum atomic E-state index is 13.8. The molecule has 1 saturated heterocycles. The molecule has 4 rings (SSSR count). The summed E-state index contributed by atoms with van der Waals surface area (Å²) in [4.78, 5) is 38.5. The topological polar surface area (TPSA) is 82.8 Å². The fourth-order valence-electron chi connectivity index (χ4n) is 6.72. The third-order valence-electron chi connectivity index (χ3n) is 7.92. The van der Waals surface area contributed by atoms with E-state index in [1.165, 1.54) is 6.92 Å². The smallest absolute Gasteiger partial charge is 0.310 e. The molecule has 6 nitrogen and oxygen atoms in total. The lowest BCUT2D eigenvalue weighted by molar-refractivity contribution is -0.205. The Kier molecular flexibility index (Phi) is 4.94. The lowest BCUT2D eigenvalue weighted by Gasteiger charge is -2.61. The first-order valence-corrected chi connectivity index (χ1v) is 10.7. The molecule has 0 aromatic carbocycles. The van der Waals surface area contributed by atoms with Crippen LogP contribution in [-0.2, 0) is 23.9 Å². The molecule has 1 aromatic rings. The normalized spacial score (nSPS) is 40.7. The van der Waals surface area contributed by atoms with Gasteiger partial charge in [0.25, 0.3) is 0 Å². The van der Waals surface area contributed by atoms with E-state index in [-0.39, 0.29) is 29.0 Å². The summed E-state index contributed by atoms with van der Waals surface area (Å²) in [6.07, 6.45) is 4.29. The van der Waals surface area contributed by atoms with Crippen LogP contribution in [0.2, 0.25) is 0 Å². The fourth-order valence-corrected chi connectivity index (χ4v) is 6.72. The van der Waals surface area contributed by atoms with Gasteiger partial charge in [-0.15, -0.1) is 0 Å². The van der Waals surface area contributed by atoms with E-state index in [0.717, 1.165) is 17.6 Å². The van der Waals surface area contributed by atoms with Crippen molar-refractivity contribution in [2.75, 3.05) is 0 Å². The zero-order valence-electron chi connectivity index (χ0n) is 18.1. The molecule has 30 heavy (non-hydrogen) atoms. The molecule has 0 bridgehead atoms. The SMILES string of the molecule is C=C(C)[C@@H]1C[C@H](OC(C)=O)C(=O)C2[C@@]3(C)CC(c4ccoc4)OC(=O)C3CC[C@]21C. The highest BCUT2D eigenvalue weighted by Crippen LogP contribution is 2.65. The number of ketones is 1. The summed E-state index contributed by atoms with van der Waals surface area (Å²) in [6, 6.07) is 1.80. The van der Waals surface area contributed by atoms with Crippen molar-refractivity contribution in [2.24, 2.45) is 28.6 Å². The van der Waals surface area contributed by atoms with E-state index in [0.29, 0.717) is 19.3 Å². The van der Waals surface area contributed by atoms with E-state index in [4.69, 9.17) is 13.9 Å². The summed E-state index contributed by atoms with van der Waals surface area (Å²) < 4.78 is 16.4. The minimum atomic E-state index is -0.803. The molecule has 0 amide bonds. The van der Waals surface area contributed by atoms with Crippen molar-refractivity contribution in [1.82, 2.24) is 0 Å². The van der Waals surface area contributed by atoms with Crippen LogP contribution in [-0.4, -0.2) is 23.8 Å². The second-order valence-corrected chi connectivity index (χ2v) is 9.86. The average Bonchev–Trinajstić information content (AvgIpc) is 3.17. The van der Waals surface area contributed by atoms with Crippen LogP contribution in [0.1, 0.15) is 65.0 Å². The van der Waals surface area contributed by atoms with Gasteiger partial charge in [0.2, 0.25) is 0 Å². The zero-order chi connectivity index (χ0) is 21.8. The molecule has 0 N–H and O–H groups in total.